The van der Waals surface area contributed by atoms with Gasteiger partial charge in [-0.1, -0.05) is 0 Å². The summed E-state index contributed by atoms with van der Waals surface area (Å²) in [5.74, 6) is -1.29. The predicted octanol–water partition coefficient (Wildman–Crippen LogP) is 0.197. The minimum absolute atomic E-state index is 0.315. The Labute approximate surface area is 72.4 Å². The molecular formula is C8H17NO3. The minimum atomic E-state index is -0.843. The van der Waals surface area contributed by atoms with Crippen LogP contribution in [0.2, 0.25) is 0 Å². The predicted molar refractivity (Wildman–Crippen MR) is 45.7 cm³/mol. The van der Waals surface area contributed by atoms with E-state index in [-0.39, 0.29) is 0 Å². The molecule has 0 rings (SSSR count). The van der Waals surface area contributed by atoms with Gasteiger partial charge in [-0.05, 0) is 32.7 Å². The van der Waals surface area contributed by atoms with Crippen LogP contribution in [0, 0.1) is 5.92 Å². The number of rotatable bonds is 6. The fourth-order valence-electron chi connectivity index (χ4n) is 1.12. The Bertz CT molecular complexity index is 136. The van der Waals surface area contributed by atoms with Crippen LogP contribution in [0.1, 0.15) is 26.2 Å². The minimum Gasteiger partial charge on any atom is -0.481 e. The van der Waals surface area contributed by atoms with Gasteiger partial charge in [0.25, 0.3) is 0 Å². The molecule has 0 spiro atoms. The molecule has 0 amide bonds. The molecule has 2 atom stereocenters. The van der Waals surface area contributed by atoms with Crippen LogP contribution in [0.4, 0.5) is 0 Å². The number of aliphatic hydroxyl groups is 1. The second-order valence-corrected chi connectivity index (χ2v) is 3.05. The van der Waals surface area contributed by atoms with E-state index in [1.54, 1.807) is 6.92 Å². The summed E-state index contributed by atoms with van der Waals surface area (Å²) in [5.41, 5.74) is 5.25. The van der Waals surface area contributed by atoms with Crippen LogP contribution in [0.3, 0.4) is 0 Å². The highest BCUT2D eigenvalue weighted by atomic mass is 16.4. The Morgan fingerprint density at radius 1 is 1.58 bits per heavy atom. The first-order valence-corrected chi connectivity index (χ1v) is 4.18. The number of carboxylic acids is 1. The lowest BCUT2D eigenvalue weighted by molar-refractivity contribution is -0.143. The monoisotopic (exact) mass is 175 g/mol. The largest absolute Gasteiger partial charge is 0.481 e. The molecule has 0 aromatic rings. The smallest absolute Gasteiger partial charge is 0.306 e. The summed E-state index contributed by atoms with van der Waals surface area (Å²) >= 11 is 0. The average Bonchev–Trinajstić information content (AvgIpc) is 1.96. The zero-order chi connectivity index (χ0) is 9.56. The number of nitrogens with two attached hydrogens (primary N) is 1. The van der Waals surface area contributed by atoms with Gasteiger partial charge in [-0.3, -0.25) is 4.79 Å². The molecule has 0 radical (unpaired) electrons. The number of carboxylic acid groups (broad SMARTS) is 1. The lowest BCUT2D eigenvalue weighted by Gasteiger charge is -2.12. The van der Waals surface area contributed by atoms with Gasteiger partial charge in [0, 0.05) is 0 Å². The van der Waals surface area contributed by atoms with Crippen molar-refractivity contribution in [3.05, 3.63) is 0 Å². The molecule has 0 aromatic carbocycles. The standard InChI is InChI=1S/C8H17NO3/c1-6(10)5-7(8(11)12)3-2-4-9/h6-7,10H,2-5,9H2,1H3,(H,11,12). The third-order valence-electron chi connectivity index (χ3n) is 1.73. The third-order valence-corrected chi connectivity index (χ3v) is 1.73. The Hall–Kier alpha value is -0.610. The van der Waals surface area contributed by atoms with Crippen molar-refractivity contribution in [2.45, 2.75) is 32.3 Å². The summed E-state index contributed by atoms with van der Waals surface area (Å²) in [6.07, 6.45) is 1.01. The molecular weight excluding hydrogens is 158 g/mol. The van der Waals surface area contributed by atoms with Gasteiger partial charge in [0.1, 0.15) is 0 Å². The van der Waals surface area contributed by atoms with Gasteiger partial charge < -0.3 is 15.9 Å². The van der Waals surface area contributed by atoms with Crippen molar-refractivity contribution >= 4 is 5.97 Å². The summed E-state index contributed by atoms with van der Waals surface area (Å²) in [6.45, 7) is 2.10. The van der Waals surface area contributed by atoms with E-state index in [1.807, 2.05) is 0 Å². The van der Waals surface area contributed by atoms with Crippen LogP contribution in [-0.4, -0.2) is 28.8 Å². The lowest BCUT2D eigenvalue weighted by Crippen LogP contribution is -2.20. The highest BCUT2D eigenvalue weighted by molar-refractivity contribution is 5.69. The van der Waals surface area contributed by atoms with Crippen LogP contribution in [0.25, 0.3) is 0 Å². The second kappa shape index (κ2) is 5.97. The summed E-state index contributed by atoms with van der Waals surface area (Å²) in [6, 6.07) is 0. The summed E-state index contributed by atoms with van der Waals surface area (Å²) in [5, 5.41) is 17.7. The van der Waals surface area contributed by atoms with Crippen molar-refractivity contribution in [3.8, 4) is 0 Å². The molecule has 72 valence electrons. The molecule has 0 aliphatic carbocycles. The van der Waals surface area contributed by atoms with Gasteiger partial charge in [-0.15, -0.1) is 0 Å². The molecule has 0 aromatic heterocycles. The van der Waals surface area contributed by atoms with E-state index in [0.29, 0.717) is 25.8 Å². The van der Waals surface area contributed by atoms with Crippen LogP contribution >= 0.6 is 0 Å². The molecule has 0 fully saturated rings. The lowest BCUT2D eigenvalue weighted by atomic mass is 9.97. The summed E-state index contributed by atoms with van der Waals surface area (Å²) in [7, 11) is 0. The van der Waals surface area contributed by atoms with Crippen molar-refractivity contribution in [1.29, 1.82) is 0 Å². The van der Waals surface area contributed by atoms with Crippen molar-refractivity contribution in [2.24, 2.45) is 11.7 Å². The maximum atomic E-state index is 10.6. The summed E-state index contributed by atoms with van der Waals surface area (Å²) < 4.78 is 0. The normalized spacial score (nSPS) is 15.6. The van der Waals surface area contributed by atoms with E-state index in [1.165, 1.54) is 0 Å². The van der Waals surface area contributed by atoms with Gasteiger partial charge in [0.2, 0.25) is 0 Å². The number of aliphatic carboxylic acids is 1. The van der Waals surface area contributed by atoms with Crippen molar-refractivity contribution in [1.82, 2.24) is 0 Å². The van der Waals surface area contributed by atoms with Crippen LogP contribution in [0.5, 0.6) is 0 Å². The first kappa shape index (κ1) is 11.4. The first-order chi connectivity index (χ1) is 5.57. The van der Waals surface area contributed by atoms with E-state index in [9.17, 15) is 4.79 Å². The number of aliphatic hydroxyl groups excluding tert-OH is 1. The fourth-order valence-corrected chi connectivity index (χ4v) is 1.12. The zero-order valence-electron chi connectivity index (χ0n) is 7.36. The Kier molecular flexibility index (Phi) is 5.66. The SMILES string of the molecule is CC(O)CC(CCCN)C(=O)O. The van der Waals surface area contributed by atoms with Gasteiger partial charge >= 0.3 is 5.97 Å². The van der Waals surface area contributed by atoms with Crippen LogP contribution in [0.15, 0.2) is 0 Å². The summed E-state index contributed by atoms with van der Waals surface area (Å²) in [4.78, 5) is 10.6. The Morgan fingerprint density at radius 2 is 2.17 bits per heavy atom. The molecule has 4 N–H and O–H groups in total. The molecule has 0 aliphatic heterocycles. The molecule has 0 heterocycles. The topological polar surface area (TPSA) is 83.5 Å². The molecule has 4 heteroatoms. The number of hydrogen-bond acceptors (Lipinski definition) is 3. The van der Waals surface area contributed by atoms with E-state index in [4.69, 9.17) is 15.9 Å². The van der Waals surface area contributed by atoms with Crippen molar-refractivity contribution in [3.63, 3.8) is 0 Å². The van der Waals surface area contributed by atoms with Crippen molar-refractivity contribution in [2.75, 3.05) is 6.54 Å². The van der Waals surface area contributed by atoms with Gasteiger partial charge in [0.15, 0.2) is 0 Å². The van der Waals surface area contributed by atoms with E-state index in [0.717, 1.165) is 0 Å². The molecule has 4 nitrogen and oxygen atoms in total. The molecule has 2 unspecified atom stereocenters. The first-order valence-electron chi connectivity index (χ1n) is 4.18. The maximum Gasteiger partial charge on any atom is 0.306 e. The van der Waals surface area contributed by atoms with Crippen LogP contribution < -0.4 is 5.73 Å². The quantitative estimate of drug-likeness (QED) is 0.538. The molecule has 0 bridgehead atoms. The molecule has 12 heavy (non-hydrogen) atoms. The zero-order valence-corrected chi connectivity index (χ0v) is 7.36. The van der Waals surface area contributed by atoms with Crippen molar-refractivity contribution < 1.29 is 15.0 Å². The number of carbonyl (C=O) groups is 1. The van der Waals surface area contributed by atoms with Gasteiger partial charge in [0.05, 0.1) is 12.0 Å². The van der Waals surface area contributed by atoms with Gasteiger partial charge in [-0.25, -0.2) is 0 Å². The molecule has 0 saturated heterocycles. The van der Waals surface area contributed by atoms with Crippen LogP contribution in [-0.2, 0) is 4.79 Å². The highest BCUT2D eigenvalue weighted by Crippen LogP contribution is 2.13. The Morgan fingerprint density at radius 3 is 2.50 bits per heavy atom. The maximum absolute atomic E-state index is 10.6. The average molecular weight is 175 g/mol. The van der Waals surface area contributed by atoms with E-state index >= 15 is 0 Å². The number of hydrogen-bond donors (Lipinski definition) is 3. The highest BCUT2D eigenvalue weighted by Gasteiger charge is 2.18. The fraction of sp³-hybridized carbons (Fsp3) is 0.875. The van der Waals surface area contributed by atoms with E-state index in [2.05, 4.69) is 0 Å². The molecule has 0 aliphatic rings. The Balaban J connectivity index is 3.78. The van der Waals surface area contributed by atoms with Gasteiger partial charge in [-0.2, -0.15) is 0 Å². The molecule has 0 saturated carbocycles. The third kappa shape index (κ3) is 5.09. The second-order valence-electron chi connectivity index (χ2n) is 3.05. The van der Waals surface area contributed by atoms with E-state index < -0.39 is 18.0 Å².